The predicted octanol–water partition coefficient (Wildman–Crippen LogP) is 2.32. The Kier molecular flexibility index (Phi) is 3.75. The number of hydrogen-bond acceptors (Lipinski definition) is 3. The van der Waals surface area contributed by atoms with Gasteiger partial charge in [-0.2, -0.15) is 13.2 Å². The Hall–Kier alpha value is -1.30. The lowest BCUT2D eigenvalue weighted by Gasteiger charge is -2.36. The number of pyridine rings is 1. The first-order chi connectivity index (χ1) is 8.52. The van der Waals surface area contributed by atoms with E-state index >= 15 is 0 Å². The Balaban J connectivity index is 2.18. The third-order valence-electron chi connectivity index (χ3n) is 3.32. The zero-order chi connectivity index (χ0) is 13.2. The van der Waals surface area contributed by atoms with Crippen molar-refractivity contribution in [2.45, 2.75) is 25.6 Å². The highest BCUT2D eigenvalue weighted by atomic mass is 19.4. The minimum Gasteiger partial charge on any atom is -0.371 e. The molecule has 18 heavy (non-hydrogen) atoms. The fourth-order valence-corrected chi connectivity index (χ4v) is 2.35. The lowest BCUT2D eigenvalue weighted by molar-refractivity contribution is -0.176. The van der Waals surface area contributed by atoms with Crippen molar-refractivity contribution >= 4 is 5.69 Å². The van der Waals surface area contributed by atoms with Crippen molar-refractivity contribution in [2.75, 3.05) is 18.0 Å². The third-order valence-corrected chi connectivity index (χ3v) is 3.32. The second-order valence-corrected chi connectivity index (χ2v) is 4.54. The van der Waals surface area contributed by atoms with Crippen molar-refractivity contribution in [1.82, 2.24) is 4.98 Å². The Labute approximate surface area is 104 Å². The first-order valence-electron chi connectivity index (χ1n) is 5.97. The van der Waals surface area contributed by atoms with Crippen LogP contribution in [0.2, 0.25) is 0 Å². The van der Waals surface area contributed by atoms with E-state index in [2.05, 4.69) is 4.98 Å². The fourth-order valence-electron chi connectivity index (χ4n) is 2.35. The molecule has 0 bridgehead atoms. The number of alkyl halides is 3. The molecule has 1 atom stereocenters. The number of nitrogens with two attached hydrogens (primary N) is 1. The zero-order valence-electron chi connectivity index (χ0n) is 9.95. The first-order valence-corrected chi connectivity index (χ1v) is 5.97. The van der Waals surface area contributed by atoms with Gasteiger partial charge in [-0.25, -0.2) is 0 Å². The fraction of sp³-hybridized carbons (Fsp3) is 0.583. The normalized spacial score (nSPS) is 21.1. The summed E-state index contributed by atoms with van der Waals surface area (Å²) < 4.78 is 38.2. The molecule has 3 nitrogen and oxygen atoms in total. The molecular weight excluding hydrogens is 243 g/mol. The van der Waals surface area contributed by atoms with Crippen LogP contribution < -0.4 is 10.6 Å². The number of rotatable bonds is 2. The van der Waals surface area contributed by atoms with Gasteiger partial charge in [-0.1, -0.05) is 0 Å². The smallest absolute Gasteiger partial charge is 0.371 e. The Morgan fingerprint density at radius 2 is 2.22 bits per heavy atom. The summed E-state index contributed by atoms with van der Waals surface area (Å²) >= 11 is 0. The molecule has 1 fully saturated rings. The van der Waals surface area contributed by atoms with Gasteiger partial charge < -0.3 is 10.6 Å². The minimum atomic E-state index is -4.12. The number of nitrogens with zero attached hydrogens (tertiary/aromatic N) is 2. The summed E-state index contributed by atoms with van der Waals surface area (Å²) in [6, 6.07) is 1.74. The minimum absolute atomic E-state index is 0.0144. The van der Waals surface area contributed by atoms with Gasteiger partial charge in [-0.05, 0) is 18.9 Å². The number of aromatic nitrogens is 1. The maximum atomic E-state index is 12.7. The molecule has 2 N–H and O–H groups in total. The van der Waals surface area contributed by atoms with Crippen LogP contribution in [0.5, 0.6) is 0 Å². The molecule has 0 spiro atoms. The average molecular weight is 259 g/mol. The summed E-state index contributed by atoms with van der Waals surface area (Å²) in [5.74, 6) is -1.25. The first kappa shape index (κ1) is 13.1. The van der Waals surface area contributed by atoms with Crippen molar-refractivity contribution in [3.63, 3.8) is 0 Å². The monoisotopic (exact) mass is 259 g/mol. The van der Waals surface area contributed by atoms with Gasteiger partial charge in [0.1, 0.15) is 0 Å². The summed E-state index contributed by atoms with van der Waals surface area (Å²) in [4.78, 5) is 5.72. The van der Waals surface area contributed by atoms with Crippen molar-refractivity contribution in [3.05, 3.63) is 24.0 Å². The zero-order valence-corrected chi connectivity index (χ0v) is 9.95. The standard InChI is InChI=1S/C12H16F3N3/c13-12(14,15)10-2-1-5-18(8-10)11-3-4-17-7-9(11)6-16/h3-4,7,10H,1-2,5-6,8,16H2. The second-order valence-electron chi connectivity index (χ2n) is 4.54. The number of anilines is 1. The van der Waals surface area contributed by atoms with Crippen molar-refractivity contribution < 1.29 is 13.2 Å². The SMILES string of the molecule is NCc1cnccc1N1CCCC(C(F)(F)F)C1. The molecule has 1 unspecified atom stereocenters. The summed E-state index contributed by atoms with van der Waals surface area (Å²) in [5.41, 5.74) is 7.16. The van der Waals surface area contributed by atoms with Gasteiger partial charge in [0.05, 0.1) is 5.92 Å². The van der Waals surface area contributed by atoms with Gasteiger partial charge in [0, 0.05) is 43.3 Å². The molecule has 0 amide bonds. The predicted molar refractivity (Wildman–Crippen MR) is 63.1 cm³/mol. The van der Waals surface area contributed by atoms with E-state index in [0.717, 1.165) is 11.3 Å². The van der Waals surface area contributed by atoms with Crippen LogP contribution in [0.1, 0.15) is 18.4 Å². The second kappa shape index (κ2) is 5.14. The largest absolute Gasteiger partial charge is 0.393 e. The Morgan fingerprint density at radius 1 is 1.44 bits per heavy atom. The molecule has 2 heterocycles. The summed E-state index contributed by atoms with van der Waals surface area (Å²) in [7, 11) is 0. The molecular formula is C12H16F3N3. The number of halogens is 3. The lowest BCUT2D eigenvalue weighted by Crippen LogP contribution is -2.42. The van der Waals surface area contributed by atoms with Crippen LogP contribution >= 0.6 is 0 Å². The third kappa shape index (κ3) is 2.75. The van der Waals surface area contributed by atoms with E-state index in [4.69, 9.17) is 5.73 Å². The van der Waals surface area contributed by atoms with Gasteiger partial charge in [-0.15, -0.1) is 0 Å². The van der Waals surface area contributed by atoms with Gasteiger partial charge in [0.15, 0.2) is 0 Å². The van der Waals surface area contributed by atoms with Crippen molar-refractivity contribution in [2.24, 2.45) is 11.7 Å². The molecule has 0 radical (unpaired) electrons. The van der Waals surface area contributed by atoms with E-state index in [-0.39, 0.29) is 19.5 Å². The average Bonchev–Trinajstić information content (AvgIpc) is 2.38. The summed E-state index contributed by atoms with van der Waals surface area (Å²) in [6.45, 7) is 0.945. The highest BCUT2D eigenvalue weighted by Gasteiger charge is 2.42. The quantitative estimate of drug-likeness (QED) is 0.886. The topological polar surface area (TPSA) is 42.1 Å². The summed E-state index contributed by atoms with van der Waals surface area (Å²) in [5, 5.41) is 0. The van der Waals surface area contributed by atoms with Crippen LogP contribution in [0.25, 0.3) is 0 Å². The van der Waals surface area contributed by atoms with Crippen LogP contribution in [0.4, 0.5) is 18.9 Å². The number of piperidine rings is 1. The van der Waals surface area contributed by atoms with Gasteiger partial charge in [0.2, 0.25) is 0 Å². The highest BCUT2D eigenvalue weighted by Crippen LogP contribution is 2.35. The van der Waals surface area contributed by atoms with Crippen molar-refractivity contribution in [1.29, 1.82) is 0 Å². The van der Waals surface area contributed by atoms with E-state index in [1.54, 1.807) is 23.4 Å². The highest BCUT2D eigenvalue weighted by molar-refractivity contribution is 5.52. The van der Waals surface area contributed by atoms with E-state index in [1.165, 1.54) is 0 Å². The van der Waals surface area contributed by atoms with Crippen LogP contribution in [0.3, 0.4) is 0 Å². The molecule has 1 aromatic rings. The molecule has 6 heteroatoms. The maximum Gasteiger partial charge on any atom is 0.393 e. The lowest BCUT2D eigenvalue weighted by atomic mass is 9.96. The van der Waals surface area contributed by atoms with E-state index in [0.29, 0.717) is 13.0 Å². The molecule has 1 saturated heterocycles. The van der Waals surface area contributed by atoms with E-state index < -0.39 is 12.1 Å². The molecule has 0 saturated carbocycles. The van der Waals surface area contributed by atoms with E-state index in [9.17, 15) is 13.2 Å². The van der Waals surface area contributed by atoms with Crippen LogP contribution in [0, 0.1) is 5.92 Å². The van der Waals surface area contributed by atoms with Gasteiger partial charge in [0.25, 0.3) is 0 Å². The van der Waals surface area contributed by atoms with Crippen LogP contribution in [0.15, 0.2) is 18.5 Å². The van der Waals surface area contributed by atoms with Gasteiger partial charge in [-0.3, -0.25) is 4.98 Å². The Morgan fingerprint density at radius 3 is 2.89 bits per heavy atom. The molecule has 1 aliphatic rings. The summed E-state index contributed by atoms with van der Waals surface area (Å²) in [6.07, 6.45) is -0.146. The molecule has 0 aliphatic carbocycles. The molecule has 1 aromatic heterocycles. The van der Waals surface area contributed by atoms with Gasteiger partial charge >= 0.3 is 6.18 Å². The number of hydrogen-bond donors (Lipinski definition) is 1. The van der Waals surface area contributed by atoms with Crippen LogP contribution in [-0.2, 0) is 6.54 Å². The molecule has 100 valence electrons. The maximum absolute atomic E-state index is 12.7. The molecule has 1 aliphatic heterocycles. The van der Waals surface area contributed by atoms with Crippen molar-refractivity contribution in [3.8, 4) is 0 Å². The van der Waals surface area contributed by atoms with E-state index in [1.807, 2.05) is 0 Å². The molecule has 2 rings (SSSR count). The molecule has 0 aromatic carbocycles. The van der Waals surface area contributed by atoms with Crippen LogP contribution in [-0.4, -0.2) is 24.2 Å². The Bertz CT molecular complexity index is 406.